The van der Waals surface area contributed by atoms with Crippen LogP contribution in [0.2, 0.25) is 0 Å². The molecular formula is C22H25N5O3S. The van der Waals surface area contributed by atoms with Gasteiger partial charge in [-0.1, -0.05) is 0 Å². The number of anilines is 1. The number of sulfonamides is 1. The third kappa shape index (κ3) is 3.10. The maximum atomic E-state index is 13.0. The Morgan fingerprint density at radius 1 is 1.03 bits per heavy atom. The normalized spacial score (nSPS) is 24.1. The highest BCUT2D eigenvalue weighted by Gasteiger charge is 2.51. The molecule has 0 aromatic carbocycles. The summed E-state index contributed by atoms with van der Waals surface area (Å²) in [5, 5.41) is 0.908. The van der Waals surface area contributed by atoms with Gasteiger partial charge in [0.05, 0.1) is 12.4 Å². The van der Waals surface area contributed by atoms with E-state index in [9.17, 15) is 8.42 Å². The summed E-state index contributed by atoms with van der Waals surface area (Å²) >= 11 is 0. The Morgan fingerprint density at radius 3 is 2.48 bits per heavy atom. The van der Waals surface area contributed by atoms with E-state index in [-0.39, 0.29) is 17.3 Å². The number of hydrogen-bond donors (Lipinski definition) is 1. The van der Waals surface area contributed by atoms with Gasteiger partial charge in [0.25, 0.3) is 0 Å². The first kappa shape index (κ1) is 19.1. The molecule has 1 saturated carbocycles. The predicted molar refractivity (Wildman–Crippen MR) is 119 cm³/mol. The summed E-state index contributed by atoms with van der Waals surface area (Å²) in [6, 6.07) is 8.12. The number of fused-ring (bicyclic) bond motifs is 3. The van der Waals surface area contributed by atoms with E-state index in [1.807, 2.05) is 28.7 Å². The van der Waals surface area contributed by atoms with Crippen molar-refractivity contribution in [1.29, 1.82) is 0 Å². The van der Waals surface area contributed by atoms with E-state index in [1.54, 1.807) is 13.3 Å². The lowest BCUT2D eigenvalue weighted by molar-refractivity contribution is 0.286. The SMILES string of the molecule is COc1cc(-c2cc3c(N4CC5CCC(C4)N5S(=O)(=O)C4CC4)ccnc3[nH]2)ccn1. The molecule has 2 aliphatic heterocycles. The molecule has 9 heteroatoms. The molecule has 5 heterocycles. The number of piperazine rings is 1. The van der Waals surface area contributed by atoms with Crippen LogP contribution in [0, 0.1) is 0 Å². The van der Waals surface area contributed by atoms with Crippen molar-refractivity contribution in [1.82, 2.24) is 19.3 Å². The third-order valence-corrected chi connectivity index (χ3v) is 9.26. The first-order chi connectivity index (χ1) is 15.0. The fraction of sp³-hybridized carbons (Fsp3) is 0.455. The second kappa shape index (κ2) is 6.93. The van der Waals surface area contributed by atoms with Gasteiger partial charge in [0, 0.05) is 66.0 Å². The molecule has 0 spiro atoms. The minimum absolute atomic E-state index is 0.0652. The lowest BCUT2D eigenvalue weighted by Crippen LogP contribution is -2.56. The average molecular weight is 440 g/mol. The first-order valence-corrected chi connectivity index (χ1v) is 12.3. The molecule has 8 nitrogen and oxygen atoms in total. The molecule has 162 valence electrons. The van der Waals surface area contributed by atoms with E-state index in [0.29, 0.717) is 5.88 Å². The number of hydrogen-bond acceptors (Lipinski definition) is 6. The Bertz CT molecular complexity index is 1240. The Morgan fingerprint density at radius 2 is 1.77 bits per heavy atom. The first-order valence-electron chi connectivity index (χ1n) is 10.8. The van der Waals surface area contributed by atoms with E-state index in [1.165, 1.54) is 0 Å². The van der Waals surface area contributed by atoms with E-state index < -0.39 is 10.0 Å². The van der Waals surface area contributed by atoms with Crippen LogP contribution in [-0.2, 0) is 10.0 Å². The monoisotopic (exact) mass is 439 g/mol. The minimum Gasteiger partial charge on any atom is -0.481 e. The number of ether oxygens (including phenoxy) is 1. The van der Waals surface area contributed by atoms with Gasteiger partial charge in [0.15, 0.2) is 0 Å². The molecule has 3 aromatic rings. The summed E-state index contributed by atoms with van der Waals surface area (Å²) in [5.41, 5.74) is 3.86. The van der Waals surface area contributed by atoms with E-state index in [0.717, 1.165) is 66.8 Å². The molecule has 2 unspecified atom stereocenters. The molecule has 3 aliphatic rings. The van der Waals surface area contributed by atoms with Crippen LogP contribution in [0.5, 0.6) is 5.88 Å². The van der Waals surface area contributed by atoms with Crippen LogP contribution in [0.4, 0.5) is 5.69 Å². The maximum Gasteiger partial charge on any atom is 0.217 e. The number of H-pyrrole nitrogens is 1. The summed E-state index contributed by atoms with van der Waals surface area (Å²) in [7, 11) is -1.54. The number of methoxy groups -OCH3 is 1. The standard InChI is InChI=1S/C22H25N5O3S/c1-30-21-10-14(6-8-23-21)19-11-18-20(7-9-24-22(18)25-19)26-12-15-2-3-16(13-26)27(15)31(28,29)17-4-5-17/h6-11,15-17H,2-5,12-13H2,1H3,(H,24,25). The van der Waals surface area contributed by atoms with Gasteiger partial charge >= 0.3 is 0 Å². The molecule has 6 rings (SSSR count). The van der Waals surface area contributed by atoms with Crippen LogP contribution in [0.15, 0.2) is 36.7 Å². The Labute approximate surface area is 181 Å². The summed E-state index contributed by atoms with van der Waals surface area (Å²) in [6.45, 7) is 1.45. The zero-order valence-electron chi connectivity index (χ0n) is 17.4. The summed E-state index contributed by atoms with van der Waals surface area (Å²) in [4.78, 5) is 14.5. The molecule has 0 amide bonds. The number of rotatable bonds is 5. The van der Waals surface area contributed by atoms with Crippen LogP contribution in [0.1, 0.15) is 25.7 Å². The highest BCUT2D eigenvalue weighted by molar-refractivity contribution is 7.90. The highest BCUT2D eigenvalue weighted by atomic mass is 32.2. The molecule has 1 N–H and O–H groups in total. The van der Waals surface area contributed by atoms with Gasteiger partial charge in [-0.3, -0.25) is 0 Å². The second-order valence-corrected chi connectivity index (χ2v) is 10.8. The average Bonchev–Trinajstić information content (AvgIpc) is 3.50. The third-order valence-electron chi connectivity index (χ3n) is 6.76. The molecular weight excluding hydrogens is 414 g/mol. The van der Waals surface area contributed by atoms with Crippen LogP contribution in [0.25, 0.3) is 22.3 Å². The number of aromatic nitrogens is 3. The van der Waals surface area contributed by atoms with Crippen molar-refractivity contribution >= 4 is 26.7 Å². The number of nitrogens with one attached hydrogen (secondary N) is 1. The Balaban J connectivity index is 1.33. The van der Waals surface area contributed by atoms with Gasteiger partial charge in [-0.2, -0.15) is 4.31 Å². The fourth-order valence-electron chi connectivity index (χ4n) is 5.15. The summed E-state index contributed by atoms with van der Waals surface area (Å²) in [6.07, 6.45) is 7.07. The van der Waals surface area contributed by atoms with Gasteiger partial charge in [0.2, 0.25) is 15.9 Å². The molecule has 1 aliphatic carbocycles. The summed E-state index contributed by atoms with van der Waals surface area (Å²) in [5.74, 6) is 0.564. The Kier molecular flexibility index (Phi) is 4.26. The number of aromatic amines is 1. The largest absolute Gasteiger partial charge is 0.481 e. The van der Waals surface area contributed by atoms with Crippen molar-refractivity contribution in [2.24, 2.45) is 0 Å². The lowest BCUT2D eigenvalue weighted by Gasteiger charge is -2.41. The molecule has 3 aromatic heterocycles. The Hall–Kier alpha value is -2.65. The van der Waals surface area contributed by atoms with E-state index in [4.69, 9.17) is 4.74 Å². The van der Waals surface area contributed by atoms with Crippen LogP contribution < -0.4 is 9.64 Å². The zero-order chi connectivity index (χ0) is 21.2. The smallest absolute Gasteiger partial charge is 0.217 e. The van der Waals surface area contributed by atoms with Gasteiger partial charge in [0.1, 0.15) is 5.65 Å². The molecule has 2 saturated heterocycles. The molecule has 3 fully saturated rings. The van der Waals surface area contributed by atoms with Gasteiger partial charge in [-0.25, -0.2) is 18.4 Å². The van der Waals surface area contributed by atoms with Crippen molar-refractivity contribution < 1.29 is 13.2 Å². The van der Waals surface area contributed by atoms with Crippen LogP contribution in [0.3, 0.4) is 0 Å². The molecule has 0 radical (unpaired) electrons. The van der Waals surface area contributed by atoms with E-state index in [2.05, 4.69) is 25.9 Å². The van der Waals surface area contributed by atoms with Crippen molar-refractivity contribution in [2.45, 2.75) is 43.0 Å². The molecule has 31 heavy (non-hydrogen) atoms. The lowest BCUT2D eigenvalue weighted by atomic mass is 10.1. The molecule has 2 atom stereocenters. The highest BCUT2D eigenvalue weighted by Crippen LogP contribution is 2.42. The van der Waals surface area contributed by atoms with Crippen molar-refractivity contribution in [2.75, 3.05) is 25.1 Å². The number of nitrogens with zero attached hydrogens (tertiary/aromatic N) is 4. The van der Waals surface area contributed by atoms with Crippen molar-refractivity contribution in [3.05, 3.63) is 36.7 Å². The van der Waals surface area contributed by atoms with E-state index >= 15 is 0 Å². The minimum atomic E-state index is -3.14. The predicted octanol–water partition coefficient (Wildman–Crippen LogP) is 2.78. The fourth-order valence-corrected chi connectivity index (χ4v) is 7.40. The quantitative estimate of drug-likeness (QED) is 0.657. The molecule has 2 bridgehead atoms. The topological polar surface area (TPSA) is 91.4 Å². The van der Waals surface area contributed by atoms with Gasteiger partial charge < -0.3 is 14.6 Å². The van der Waals surface area contributed by atoms with Gasteiger partial charge in [-0.05, 0) is 43.9 Å². The maximum absolute atomic E-state index is 13.0. The van der Waals surface area contributed by atoms with Crippen LogP contribution >= 0.6 is 0 Å². The van der Waals surface area contributed by atoms with Crippen molar-refractivity contribution in [3.63, 3.8) is 0 Å². The zero-order valence-corrected chi connectivity index (χ0v) is 18.2. The summed E-state index contributed by atoms with van der Waals surface area (Å²) < 4.78 is 33.0. The van der Waals surface area contributed by atoms with Gasteiger partial charge in [-0.15, -0.1) is 0 Å². The second-order valence-electron chi connectivity index (χ2n) is 8.73. The number of pyridine rings is 2. The van der Waals surface area contributed by atoms with Crippen molar-refractivity contribution in [3.8, 4) is 17.1 Å². The van der Waals surface area contributed by atoms with Crippen LogP contribution in [-0.4, -0.2) is 65.2 Å².